The van der Waals surface area contributed by atoms with Crippen molar-refractivity contribution < 1.29 is 19.1 Å². The lowest BCUT2D eigenvalue weighted by molar-refractivity contribution is -0.135. The fourth-order valence-electron chi connectivity index (χ4n) is 2.31. The van der Waals surface area contributed by atoms with E-state index in [2.05, 4.69) is 4.90 Å². The van der Waals surface area contributed by atoms with Crippen LogP contribution in [0.5, 0.6) is 0 Å². The van der Waals surface area contributed by atoms with E-state index in [4.69, 9.17) is 9.52 Å². The molecule has 2 rings (SSSR count). The molecule has 1 heterocycles. The summed E-state index contributed by atoms with van der Waals surface area (Å²) in [6.45, 7) is 5.69. The number of ketones is 1. The third-order valence-electron chi connectivity index (χ3n) is 3.46. The van der Waals surface area contributed by atoms with Crippen molar-refractivity contribution in [3.05, 3.63) is 40.2 Å². The van der Waals surface area contributed by atoms with Crippen molar-refractivity contribution >= 4 is 28.4 Å². The lowest BCUT2D eigenvalue weighted by Gasteiger charge is -2.20. The number of carboxylic acid groups (broad SMARTS) is 1. The monoisotopic (exact) mass is 303 g/mol. The van der Waals surface area contributed by atoms with Crippen molar-refractivity contribution in [2.24, 2.45) is 0 Å². The number of nitrogens with zero attached hydrogens (tertiary/aromatic N) is 1. The van der Waals surface area contributed by atoms with Gasteiger partial charge in [0, 0.05) is 30.2 Å². The minimum atomic E-state index is -1.28. The van der Waals surface area contributed by atoms with E-state index in [1.807, 2.05) is 19.9 Å². The van der Waals surface area contributed by atoms with Crippen LogP contribution in [0, 0.1) is 0 Å². The molecule has 0 bridgehead atoms. The maximum atomic E-state index is 11.9. The van der Waals surface area contributed by atoms with Crippen LogP contribution in [0.2, 0.25) is 0 Å². The number of benzene rings is 1. The van der Waals surface area contributed by atoms with Crippen molar-refractivity contribution in [2.45, 2.75) is 20.3 Å². The largest absolute Gasteiger partial charge is 0.481 e. The molecule has 0 atom stereocenters. The second-order valence-corrected chi connectivity index (χ2v) is 4.84. The lowest BCUT2D eigenvalue weighted by Crippen LogP contribution is -2.21. The van der Waals surface area contributed by atoms with Crippen LogP contribution in [0.4, 0.5) is 5.69 Å². The molecule has 0 saturated heterocycles. The Kier molecular flexibility index (Phi) is 4.60. The highest BCUT2D eigenvalue weighted by atomic mass is 16.4. The molecule has 0 amide bonds. The predicted molar refractivity (Wildman–Crippen MR) is 82.6 cm³/mol. The van der Waals surface area contributed by atoms with Crippen LogP contribution in [0.1, 0.15) is 30.6 Å². The maximum absolute atomic E-state index is 11.9. The number of carbonyl (C=O) groups excluding carboxylic acids is 1. The molecule has 22 heavy (non-hydrogen) atoms. The smallest absolute Gasteiger partial charge is 0.347 e. The Morgan fingerprint density at radius 1 is 1.18 bits per heavy atom. The Labute approximate surface area is 127 Å². The summed E-state index contributed by atoms with van der Waals surface area (Å²) in [5.74, 6) is -2.03. The highest BCUT2D eigenvalue weighted by Gasteiger charge is 2.17. The molecular formula is C16H17NO5. The zero-order chi connectivity index (χ0) is 16.3. The van der Waals surface area contributed by atoms with Gasteiger partial charge < -0.3 is 14.4 Å². The van der Waals surface area contributed by atoms with Crippen LogP contribution in [-0.2, 0) is 4.79 Å². The molecule has 0 radical (unpaired) electrons. The summed E-state index contributed by atoms with van der Waals surface area (Å²) < 4.78 is 5.18. The number of carbonyl (C=O) groups is 2. The van der Waals surface area contributed by atoms with Gasteiger partial charge in [0.05, 0.1) is 0 Å². The van der Waals surface area contributed by atoms with Crippen LogP contribution in [0.3, 0.4) is 0 Å². The summed E-state index contributed by atoms with van der Waals surface area (Å²) >= 11 is 0. The number of anilines is 1. The highest BCUT2D eigenvalue weighted by molar-refractivity contribution is 6.06. The Hall–Kier alpha value is -2.63. The van der Waals surface area contributed by atoms with Gasteiger partial charge >= 0.3 is 11.6 Å². The number of rotatable bonds is 6. The summed E-state index contributed by atoms with van der Waals surface area (Å²) in [6, 6.07) is 6.76. The van der Waals surface area contributed by atoms with Gasteiger partial charge in [0.25, 0.3) is 0 Å². The van der Waals surface area contributed by atoms with Crippen LogP contribution in [0.25, 0.3) is 11.0 Å². The number of Topliss-reactive ketones (excluding diaryl/α,β-unsaturated/α-hetero) is 1. The van der Waals surface area contributed by atoms with Gasteiger partial charge in [-0.3, -0.25) is 9.59 Å². The first-order valence-corrected chi connectivity index (χ1v) is 7.04. The molecule has 1 aromatic heterocycles. The summed E-state index contributed by atoms with van der Waals surface area (Å²) in [5, 5.41) is 9.23. The predicted octanol–water partition coefficient (Wildman–Crippen LogP) is 2.30. The van der Waals surface area contributed by atoms with Gasteiger partial charge in [-0.15, -0.1) is 0 Å². The number of fused-ring (bicyclic) bond motifs is 1. The SMILES string of the molecule is CCN(CC)c1ccc2cc(C(=O)CC(=O)O)c(=O)oc2c1. The Morgan fingerprint density at radius 2 is 1.86 bits per heavy atom. The van der Waals surface area contributed by atoms with E-state index in [-0.39, 0.29) is 5.56 Å². The molecule has 0 fully saturated rings. The molecular weight excluding hydrogens is 286 g/mol. The first-order chi connectivity index (χ1) is 10.5. The van der Waals surface area contributed by atoms with E-state index < -0.39 is 23.8 Å². The minimum absolute atomic E-state index is 0.231. The van der Waals surface area contributed by atoms with Crippen molar-refractivity contribution in [2.75, 3.05) is 18.0 Å². The van der Waals surface area contributed by atoms with Gasteiger partial charge in [-0.25, -0.2) is 4.79 Å². The molecule has 0 spiro atoms. The van der Waals surface area contributed by atoms with E-state index in [1.165, 1.54) is 6.07 Å². The number of carboxylic acids is 1. The molecule has 1 N–H and O–H groups in total. The van der Waals surface area contributed by atoms with Crippen LogP contribution in [0.15, 0.2) is 33.5 Å². The Balaban J connectivity index is 2.48. The zero-order valence-corrected chi connectivity index (χ0v) is 12.5. The van der Waals surface area contributed by atoms with Gasteiger partial charge in [-0.1, -0.05) is 0 Å². The molecule has 6 nitrogen and oxygen atoms in total. The average Bonchev–Trinajstić information content (AvgIpc) is 2.46. The molecule has 0 aliphatic rings. The van der Waals surface area contributed by atoms with E-state index in [1.54, 1.807) is 12.1 Å². The second-order valence-electron chi connectivity index (χ2n) is 4.84. The number of hydrogen-bond acceptors (Lipinski definition) is 5. The Morgan fingerprint density at radius 3 is 2.45 bits per heavy atom. The van der Waals surface area contributed by atoms with Crippen LogP contribution < -0.4 is 10.5 Å². The minimum Gasteiger partial charge on any atom is -0.481 e. The van der Waals surface area contributed by atoms with Gasteiger partial charge in [-0.05, 0) is 32.0 Å². The average molecular weight is 303 g/mol. The maximum Gasteiger partial charge on any atom is 0.347 e. The normalized spacial score (nSPS) is 10.6. The van der Waals surface area contributed by atoms with Gasteiger partial charge in [0.2, 0.25) is 0 Å². The van der Waals surface area contributed by atoms with E-state index in [9.17, 15) is 14.4 Å². The summed E-state index contributed by atoms with van der Waals surface area (Å²) in [6.07, 6.45) is -0.728. The fraction of sp³-hybridized carbons (Fsp3) is 0.312. The molecule has 1 aromatic carbocycles. The third kappa shape index (κ3) is 3.16. The first kappa shape index (κ1) is 15.8. The standard InChI is InChI=1S/C16H17NO5/c1-3-17(4-2)11-6-5-10-7-12(13(18)9-15(19)20)16(21)22-14(10)8-11/h5-8H,3-4,9H2,1-2H3,(H,19,20). The van der Waals surface area contributed by atoms with Crippen molar-refractivity contribution in [1.29, 1.82) is 0 Å². The summed E-state index contributed by atoms with van der Waals surface area (Å²) in [4.78, 5) is 36.3. The van der Waals surface area contributed by atoms with Gasteiger partial charge in [0.15, 0.2) is 5.78 Å². The molecule has 0 aliphatic heterocycles. The molecule has 0 unspecified atom stereocenters. The number of hydrogen-bond donors (Lipinski definition) is 1. The van der Waals surface area contributed by atoms with E-state index >= 15 is 0 Å². The van der Waals surface area contributed by atoms with E-state index in [0.29, 0.717) is 11.0 Å². The Bertz CT molecular complexity index is 774. The molecule has 0 aliphatic carbocycles. The van der Waals surface area contributed by atoms with E-state index in [0.717, 1.165) is 18.8 Å². The molecule has 0 saturated carbocycles. The van der Waals surface area contributed by atoms with Crippen LogP contribution >= 0.6 is 0 Å². The third-order valence-corrected chi connectivity index (χ3v) is 3.46. The highest BCUT2D eigenvalue weighted by Crippen LogP contribution is 2.22. The van der Waals surface area contributed by atoms with Crippen molar-refractivity contribution in [3.8, 4) is 0 Å². The van der Waals surface area contributed by atoms with Crippen LogP contribution in [-0.4, -0.2) is 29.9 Å². The lowest BCUT2D eigenvalue weighted by atomic mass is 10.1. The number of aliphatic carboxylic acids is 1. The second kappa shape index (κ2) is 6.43. The molecule has 2 aromatic rings. The quantitative estimate of drug-likeness (QED) is 0.500. The summed E-state index contributed by atoms with van der Waals surface area (Å²) in [7, 11) is 0. The molecule has 116 valence electrons. The topological polar surface area (TPSA) is 87.8 Å². The van der Waals surface area contributed by atoms with Crippen molar-refractivity contribution in [1.82, 2.24) is 0 Å². The zero-order valence-electron chi connectivity index (χ0n) is 12.5. The first-order valence-electron chi connectivity index (χ1n) is 7.04. The van der Waals surface area contributed by atoms with Gasteiger partial charge in [0.1, 0.15) is 17.6 Å². The fourth-order valence-corrected chi connectivity index (χ4v) is 2.31. The van der Waals surface area contributed by atoms with Crippen molar-refractivity contribution in [3.63, 3.8) is 0 Å². The van der Waals surface area contributed by atoms with Gasteiger partial charge in [-0.2, -0.15) is 0 Å². The summed E-state index contributed by atoms with van der Waals surface area (Å²) in [5.41, 5.74) is 0.257. The molecule has 6 heteroatoms.